The maximum Gasteiger partial charge on any atom is 0.236 e. The number of rotatable bonds is 8. The number of aliphatic hydroxyl groups is 6. The van der Waals surface area contributed by atoms with E-state index in [1.807, 2.05) is 0 Å². The molecule has 0 radical (unpaired) electrons. The molecule has 1 aliphatic rings. The Morgan fingerprint density at radius 3 is 1.83 bits per heavy atom. The molecule has 1 rings (SSSR count). The number of guanidine groups is 2. The first-order valence-corrected chi connectivity index (χ1v) is 6.50. The molecule has 0 amide bonds. The quantitative estimate of drug-likeness (QED) is 0.236. The van der Waals surface area contributed by atoms with Gasteiger partial charge in [0.2, 0.25) is 18.2 Å². The summed E-state index contributed by atoms with van der Waals surface area (Å²) in [5, 5.41) is 56.7. The standard InChI is InChI=1S/C10H22N6O7/c1-23-16-9(14(4-19)5-20)11-8(13(2-17)3-18)12-10(16)15(6-21)7-22/h9,17-22H,2-7H2,1H3. The molecule has 13 nitrogen and oxygen atoms in total. The number of aliphatic imine (C=N–C) groups is 2. The van der Waals surface area contributed by atoms with Gasteiger partial charge in [-0.05, 0) is 0 Å². The van der Waals surface area contributed by atoms with Gasteiger partial charge >= 0.3 is 0 Å². The first-order chi connectivity index (χ1) is 11.1. The van der Waals surface area contributed by atoms with Crippen LogP contribution in [0.4, 0.5) is 0 Å². The van der Waals surface area contributed by atoms with Crippen molar-refractivity contribution in [2.45, 2.75) is 6.29 Å². The summed E-state index contributed by atoms with van der Waals surface area (Å²) in [7, 11) is 1.26. The highest BCUT2D eigenvalue weighted by atomic mass is 16.7. The number of aliphatic hydroxyl groups excluding tert-OH is 6. The van der Waals surface area contributed by atoms with Gasteiger partial charge in [-0.2, -0.15) is 10.1 Å². The van der Waals surface area contributed by atoms with Crippen molar-refractivity contribution in [1.82, 2.24) is 19.8 Å². The van der Waals surface area contributed by atoms with E-state index in [9.17, 15) is 30.6 Å². The summed E-state index contributed by atoms with van der Waals surface area (Å²) < 4.78 is 0. The Labute approximate surface area is 132 Å². The van der Waals surface area contributed by atoms with E-state index in [-0.39, 0.29) is 11.9 Å². The summed E-state index contributed by atoms with van der Waals surface area (Å²) in [6.07, 6.45) is -1.13. The average molecular weight is 338 g/mol. The maximum absolute atomic E-state index is 9.32. The van der Waals surface area contributed by atoms with Crippen LogP contribution >= 0.6 is 0 Å². The van der Waals surface area contributed by atoms with E-state index < -0.39 is 46.7 Å². The average Bonchev–Trinajstić information content (AvgIpc) is 2.58. The number of hydroxylamine groups is 2. The molecule has 1 atom stereocenters. The molecule has 6 N–H and O–H groups in total. The van der Waals surface area contributed by atoms with E-state index in [0.717, 1.165) is 19.8 Å². The van der Waals surface area contributed by atoms with Crippen LogP contribution in [-0.2, 0) is 4.84 Å². The highest BCUT2D eigenvalue weighted by Gasteiger charge is 2.35. The highest BCUT2D eigenvalue weighted by molar-refractivity contribution is 5.96. The van der Waals surface area contributed by atoms with Crippen molar-refractivity contribution in [2.75, 3.05) is 47.5 Å². The van der Waals surface area contributed by atoms with E-state index in [1.165, 1.54) is 7.11 Å². The minimum Gasteiger partial charge on any atom is -0.381 e. The van der Waals surface area contributed by atoms with E-state index in [4.69, 9.17) is 4.84 Å². The first-order valence-electron chi connectivity index (χ1n) is 6.50. The van der Waals surface area contributed by atoms with Gasteiger partial charge in [0.1, 0.15) is 40.4 Å². The molecule has 1 heterocycles. The molecule has 1 aliphatic heterocycles. The number of nitrogens with zero attached hydrogens (tertiary/aromatic N) is 6. The van der Waals surface area contributed by atoms with Crippen LogP contribution in [0.25, 0.3) is 0 Å². The Balaban J connectivity index is 3.31. The molecule has 0 fully saturated rings. The Morgan fingerprint density at radius 1 is 0.913 bits per heavy atom. The first kappa shape index (κ1) is 19.5. The van der Waals surface area contributed by atoms with Gasteiger partial charge in [-0.3, -0.25) is 14.6 Å². The Kier molecular flexibility index (Phi) is 8.07. The molecular formula is C10H22N6O7. The van der Waals surface area contributed by atoms with Gasteiger partial charge in [0, 0.05) is 0 Å². The third-order valence-corrected chi connectivity index (χ3v) is 2.97. The third kappa shape index (κ3) is 4.24. The number of hydrogen-bond donors (Lipinski definition) is 6. The molecular weight excluding hydrogens is 316 g/mol. The zero-order valence-electron chi connectivity index (χ0n) is 12.6. The molecule has 0 aromatic heterocycles. The molecule has 0 saturated heterocycles. The van der Waals surface area contributed by atoms with Crippen molar-refractivity contribution in [3.05, 3.63) is 0 Å². The van der Waals surface area contributed by atoms with Gasteiger partial charge < -0.3 is 30.6 Å². The monoisotopic (exact) mass is 338 g/mol. The highest BCUT2D eigenvalue weighted by Crippen LogP contribution is 2.17. The fourth-order valence-corrected chi connectivity index (χ4v) is 1.73. The van der Waals surface area contributed by atoms with Gasteiger partial charge in [-0.15, -0.1) is 0 Å². The van der Waals surface area contributed by atoms with Crippen LogP contribution < -0.4 is 0 Å². The molecule has 0 bridgehead atoms. The van der Waals surface area contributed by atoms with E-state index in [1.54, 1.807) is 0 Å². The van der Waals surface area contributed by atoms with E-state index in [2.05, 4.69) is 9.98 Å². The molecule has 1 unspecified atom stereocenters. The van der Waals surface area contributed by atoms with Crippen molar-refractivity contribution < 1.29 is 35.5 Å². The number of hydrogen-bond acceptors (Lipinski definition) is 13. The van der Waals surface area contributed by atoms with Gasteiger partial charge in [-0.25, -0.2) is 9.89 Å². The van der Waals surface area contributed by atoms with Crippen LogP contribution in [0.15, 0.2) is 9.98 Å². The molecule has 13 heteroatoms. The summed E-state index contributed by atoms with van der Waals surface area (Å²) in [4.78, 5) is 16.2. The summed E-state index contributed by atoms with van der Waals surface area (Å²) in [5.74, 6) is -0.256. The van der Waals surface area contributed by atoms with Crippen molar-refractivity contribution in [3.8, 4) is 0 Å². The summed E-state index contributed by atoms with van der Waals surface area (Å²) in [6, 6.07) is 0. The second-order valence-corrected chi connectivity index (χ2v) is 4.21. The summed E-state index contributed by atoms with van der Waals surface area (Å²) in [5.41, 5.74) is 0. The van der Waals surface area contributed by atoms with Crippen LogP contribution in [-0.4, -0.2) is 116 Å². The fourth-order valence-electron chi connectivity index (χ4n) is 1.73. The molecule has 0 aromatic rings. The van der Waals surface area contributed by atoms with Crippen molar-refractivity contribution in [2.24, 2.45) is 9.98 Å². The van der Waals surface area contributed by atoms with Gasteiger partial charge in [0.15, 0.2) is 0 Å². The van der Waals surface area contributed by atoms with Crippen molar-refractivity contribution in [1.29, 1.82) is 0 Å². The van der Waals surface area contributed by atoms with Crippen LogP contribution in [0.3, 0.4) is 0 Å². The molecule has 0 saturated carbocycles. The van der Waals surface area contributed by atoms with Crippen LogP contribution in [0.1, 0.15) is 0 Å². The molecule has 0 aliphatic carbocycles. The van der Waals surface area contributed by atoms with Gasteiger partial charge in [0.25, 0.3) is 0 Å². The smallest absolute Gasteiger partial charge is 0.236 e. The lowest BCUT2D eigenvalue weighted by molar-refractivity contribution is -0.177. The van der Waals surface area contributed by atoms with Gasteiger partial charge in [-0.1, -0.05) is 0 Å². The largest absolute Gasteiger partial charge is 0.381 e. The predicted molar refractivity (Wildman–Crippen MR) is 75.5 cm³/mol. The second-order valence-electron chi connectivity index (χ2n) is 4.21. The zero-order valence-corrected chi connectivity index (χ0v) is 12.6. The summed E-state index contributed by atoms with van der Waals surface area (Å²) in [6.45, 7) is -3.65. The van der Waals surface area contributed by atoms with Crippen LogP contribution in [0, 0.1) is 0 Å². The lowest BCUT2D eigenvalue weighted by Gasteiger charge is -2.40. The maximum atomic E-state index is 9.32. The molecule has 0 aromatic carbocycles. The topological polar surface area (TPSA) is 168 Å². The SMILES string of the molecule is CON1C(N(CO)CO)=NC(N(CO)CO)=NC1N(CO)CO. The third-order valence-electron chi connectivity index (χ3n) is 2.97. The lowest BCUT2D eigenvalue weighted by atomic mass is 10.5. The summed E-state index contributed by atoms with van der Waals surface area (Å²) >= 11 is 0. The minimum atomic E-state index is -1.13. The lowest BCUT2D eigenvalue weighted by Crippen LogP contribution is -2.58. The van der Waals surface area contributed by atoms with Crippen LogP contribution in [0.2, 0.25) is 0 Å². The second kappa shape index (κ2) is 9.53. The predicted octanol–water partition coefficient (Wildman–Crippen LogP) is -4.54. The Bertz CT molecular complexity index is 411. The van der Waals surface area contributed by atoms with Crippen LogP contribution in [0.5, 0.6) is 0 Å². The Hall–Kier alpha value is -1.58. The van der Waals surface area contributed by atoms with E-state index >= 15 is 0 Å². The molecule has 0 spiro atoms. The zero-order chi connectivity index (χ0) is 17.4. The van der Waals surface area contributed by atoms with Crippen molar-refractivity contribution in [3.63, 3.8) is 0 Å². The fraction of sp³-hybridized carbons (Fsp3) is 0.800. The minimum absolute atomic E-state index is 0.105. The Morgan fingerprint density at radius 2 is 1.43 bits per heavy atom. The van der Waals surface area contributed by atoms with Gasteiger partial charge in [0.05, 0.1) is 7.11 Å². The molecule has 23 heavy (non-hydrogen) atoms. The normalized spacial score (nSPS) is 18.1. The van der Waals surface area contributed by atoms with Crippen molar-refractivity contribution >= 4 is 11.9 Å². The molecule has 134 valence electrons. The van der Waals surface area contributed by atoms with E-state index in [0.29, 0.717) is 0 Å².